The van der Waals surface area contributed by atoms with Gasteiger partial charge in [-0.05, 0) is 50.1 Å². The Morgan fingerprint density at radius 2 is 1.77 bits per heavy atom. The Morgan fingerprint density at radius 3 is 2.54 bits per heavy atom. The molecule has 2 aromatic carbocycles. The van der Waals surface area contributed by atoms with Crippen molar-refractivity contribution in [1.82, 2.24) is 10.2 Å². The van der Waals surface area contributed by atoms with Gasteiger partial charge in [0.05, 0.1) is 31.1 Å². The van der Waals surface area contributed by atoms with Gasteiger partial charge in [-0.1, -0.05) is 12.1 Å². The second kappa shape index (κ2) is 12.4. The maximum Gasteiger partial charge on any atom is 0.323 e. The van der Waals surface area contributed by atoms with Crippen molar-refractivity contribution in [2.24, 2.45) is 0 Å². The molecule has 9 heteroatoms. The lowest BCUT2D eigenvalue weighted by molar-refractivity contribution is 0.0383. The molecule has 2 saturated heterocycles. The van der Waals surface area contributed by atoms with Crippen LogP contribution in [0.2, 0.25) is 0 Å². The Balaban J connectivity index is 1.43. The number of urea groups is 1. The average molecular weight is 482 g/mol. The van der Waals surface area contributed by atoms with Gasteiger partial charge in [0, 0.05) is 50.6 Å². The molecule has 0 bridgehead atoms. The van der Waals surface area contributed by atoms with E-state index in [1.807, 2.05) is 37.3 Å². The van der Waals surface area contributed by atoms with Crippen molar-refractivity contribution < 1.29 is 19.1 Å². The number of benzene rings is 2. The first kappa shape index (κ1) is 24.8. The van der Waals surface area contributed by atoms with Gasteiger partial charge in [-0.3, -0.25) is 9.69 Å². The minimum absolute atomic E-state index is 0.133. The molecule has 3 amide bonds. The molecule has 3 N–H and O–H groups in total. The number of nitrogens with zero attached hydrogens (tertiary/aromatic N) is 2. The van der Waals surface area contributed by atoms with Crippen LogP contribution >= 0.6 is 0 Å². The maximum absolute atomic E-state index is 13.2. The zero-order valence-corrected chi connectivity index (χ0v) is 20.3. The lowest BCUT2D eigenvalue weighted by Gasteiger charge is -2.26. The minimum Gasteiger partial charge on any atom is -0.492 e. The summed E-state index contributed by atoms with van der Waals surface area (Å²) in [6.45, 7) is 8.83. The van der Waals surface area contributed by atoms with E-state index in [2.05, 4.69) is 25.8 Å². The van der Waals surface area contributed by atoms with Gasteiger partial charge in [0.15, 0.2) is 0 Å². The summed E-state index contributed by atoms with van der Waals surface area (Å²) >= 11 is 0. The molecule has 4 rings (SSSR count). The molecule has 0 unspecified atom stereocenters. The highest BCUT2D eigenvalue weighted by Gasteiger charge is 2.21. The number of rotatable bonds is 9. The number of nitrogens with one attached hydrogen (secondary N) is 3. The van der Waals surface area contributed by atoms with Gasteiger partial charge >= 0.3 is 6.03 Å². The number of hydrogen-bond acceptors (Lipinski definition) is 6. The van der Waals surface area contributed by atoms with E-state index in [9.17, 15) is 9.59 Å². The second-order valence-corrected chi connectivity index (χ2v) is 8.64. The minimum atomic E-state index is -0.398. The van der Waals surface area contributed by atoms with Crippen LogP contribution in [-0.2, 0) is 4.74 Å². The predicted molar refractivity (Wildman–Crippen MR) is 138 cm³/mol. The van der Waals surface area contributed by atoms with Crippen molar-refractivity contribution in [3.8, 4) is 5.75 Å². The summed E-state index contributed by atoms with van der Waals surface area (Å²) in [7, 11) is 0. The lowest BCUT2D eigenvalue weighted by Crippen LogP contribution is -2.41. The number of carbonyl (C=O) groups excluding carboxylic acids is 2. The van der Waals surface area contributed by atoms with E-state index in [4.69, 9.17) is 9.47 Å². The number of hydrogen-bond donors (Lipinski definition) is 3. The highest BCUT2D eigenvalue weighted by Crippen LogP contribution is 2.28. The van der Waals surface area contributed by atoms with Crippen LogP contribution in [0.15, 0.2) is 42.5 Å². The predicted octanol–water partition coefficient (Wildman–Crippen LogP) is 3.39. The topological polar surface area (TPSA) is 95.2 Å². The highest BCUT2D eigenvalue weighted by atomic mass is 16.5. The number of morpholine rings is 1. The number of anilines is 3. The molecule has 35 heavy (non-hydrogen) atoms. The first-order valence-corrected chi connectivity index (χ1v) is 12.4. The quantitative estimate of drug-likeness (QED) is 0.508. The summed E-state index contributed by atoms with van der Waals surface area (Å²) < 4.78 is 11.0. The monoisotopic (exact) mass is 481 g/mol. The lowest BCUT2D eigenvalue weighted by atomic mass is 10.1. The van der Waals surface area contributed by atoms with Crippen LogP contribution in [0.5, 0.6) is 5.75 Å². The van der Waals surface area contributed by atoms with Gasteiger partial charge in [-0.2, -0.15) is 0 Å². The van der Waals surface area contributed by atoms with Crippen molar-refractivity contribution in [3.05, 3.63) is 48.0 Å². The van der Waals surface area contributed by atoms with E-state index in [-0.39, 0.29) is 5.91 Å². The Hall–Kier alpha value is -3.30. The molecule has 0 spiro atoms. The first-order chi connectivity index (χ1) is 17.1. The highest BCUT2D eigenvalue weighted by molar-refractivity contribution is 6.04. The van der Waals surface area contributed by atoms with Gasteiger partial charge in [-0.15, -0.1) is 0 Å². The molecule has 2 aromatic rings. The fourth-order valence-electron chi connectivity index (χ4n) is 4.41. The van der Waals surface area contributed by atoms with Crippen LogP contribution in [-0.4, -0.2) is 75.9 Å². The Kier molecular flexibility index (Phi) is 8.80. The molecule has 0 saturated carbocycles. The molecule has 188 valence electrons. The summed E-state index contributed by atoms with van der Waals surface area (Å²) in [6, 6.07) is 12.4. The first-order valence-electron chi connectivity index (χ1n) is 12.4. The Morgan fingerprint density at radius 1 is 1.00 bits per heavy atom. The normalized spacial score (nSPS) is 16.1. The van der Waals surface area contributed by atoms with Crippen LogP contribution in [0.3, 0.4) is 0 Å². The molecular weight excluding hydrogens is 446 g/mol. The molecule has 2 aliphatic heterocycles. The van der Waals surface area contributed by atoms with Crippen LogP contribution in [0.1, 0.15) is 30.1 Å². The largest absolute Gasteiger partial charge is 0.492 e. The number of ether oxygens (including phenoxy) is 2. The molecule has 2 fully saturated rings. The SMILES string of the molecule is CCOc1ccccc1NC(=O)Nc1ccc(N2CCCC2)c(C(=O)NCCN2CCOCC2)c1. The van der Waals surface area contributed by atoms with Gasteiger partial charge in [0.25, 0.3) is 5.91 Å². The van der Waals surface area contributed by atoms with Crippen molar-refractivity contribution in [1.29, 1.82) is 0 Å². The van der Waals surface area contributed by atoms with Crippen LogP contribution in [0, 0.1) is 0 Å². The van der Waals surface area contributed by atoms with E-state index < -0.39 is 6.03 Å². The fourth-order valence-corrected chi connectivity index (χ4v) is 4.41. The van der Waals surface area contributed by atoms with Crippen LogP contribution < -0.4 is 25.6 Å². The molecule has 0 radical (unpaired) electrons. The van der Waals surface area contributed by atoms with Crippen molar-refractivity contribution in [2.75, 3.05) is 74.6 Å². The standard InChI is InChI=1S/C26H35N5O4/c1-2-35-24-8-4-3-7-22(24)29-26(33)28-20-9-10-23(31-12-5-6-13-31)21(19-20)25(32)27-11-14-30-15-17-34-18-16-30/h3-4,7-10,19H,2,5-6,11-18H2,1H3,(H,27,32)(H2,28,29,33). The van der Waals surface area contributed by atoms with E-state index in [1.54, 1.807) is 12.1 Å². The third-order valence-corrected chi connectivity index (χ3v) is 6.20. The molecule has 0 aliphatic carbocycles. The zero-order valence-electron chi connectivity index (χ0n) is 20.3. The summed E-state index contributed by atoms with van der Waals surface area (Å²) in [4.78, 5) is 30.4. The third kappa shape index (κ3) is 6.86. The summed E-state index contributed by atoms with van der Waals surface area (Å²) in [6.07, 6.45) is 2.22. The number of amides is 3. The smallest absolute Gasteiger partial charge is 0.323 e. The number of carbonyl (C=O) groups is 2. The molecule has 2 heterocycles. The summed E-state index contributed by atoms with van der Waals surface area (Å²) in [5, 5.41) is 8.74. The Bertz CT molecular complexity index is 1000. The van der Waals surface area contributed by atoms with Crippen LogP contribution in [0.4, 0.5) is 21.9 Å². The maximum atomic E-state index is 13.2. The van der Waals surface area contributed by atoms with Gasteiger partial charge in [0.1, 0.15) is 5.75 Å². The van der Waals surface area contributed by atoms with Gasteiger partial charge < -0.3 is 30.3 Å². The number of para-hydroxylation sites is 2. The second-order valence-electron chi connectivity index (χ2n) is 8.64. The van der Waals surface area contributed by atoms with Crippen LogP contribution in [0.25, 0.3) is 0 Å². The molecule has 0 atom stereocenters. The van der Waals surface area contributed by atoms with Crippen molar-refractivity contribution >= 4 is 29.0 Å². The van der Waals surface area contributed by atoms with E-state index in [0.717, 1.165) is 64.5 Å². The zero-order chi connectivity index (χ0) is 24.5. The average Bonchev–Trinajstić information content (AvgIpc) is 3.41. The van der Waals surface area contributed by atoms with Gasteiger partial charge in [0.2, 0.25) is 0 Å². The van der Waals surface area contributed by atoms with E-state index in [1.165, 1.54) is 0 Å². The fraction of sp³-hybridized carbons (Fsp3) is 0.462. The summed E-state index contributed by atoms with van der Waals surface area (Å²) in [5.74, 6) is 0.473. The third-order valence-electron chi connectivity index (χ3n) is 6.20. The summed E-state index contributed by atoms with van der Waals surface area (Å²) in [5.41, 5.74) is 2.61. The van der Waals surface area contributed by atoms with E-state index >= 15 is 0 Å². The molecule has 2 aliphatic rings. The Labute approximate surface area is 206 Å². The molecule has 9 nitrogen and oxygen atoms in total. The van der Waals surface area contributed by atoms with Crippen molar-refractivity contribution in [3.63, 3.8) is 0 Å². The van der Waals surface area contributed by atoms with Gasteiger partial charge in [-0.25, -0.2) is 4.79 Å². The molecular formula is C26H35N5O4. The van der Waals surface area contributed by atoms with E-state index in [0.29, 0.717) is 35.8 Å². The van der Waals surface area contributed by atoms with Crippen molar-refractivity contribution in [2.45, 2.75) is 19.8 Å². The molecule has 0 aromatic heterocycles.